The molecule has 4 rings (SSSR count). The van der Waals surface area contributed by atoms with Crippen LogP contribution in [0, 0.1) is 5.82 Å². The van der Waals surface area contributed by atoms with Crippen LogP contribution in [0.2, 0.25) is 10.0 Å². The average Bonchev–Trinajstić information content (AvgIpc) is 3.08. The van der Waals surface area contributed by atoms with Crippen molar-refractivity contribution in [2.24, 2.45) is 0 Å². The maximum absolute atomic E-state index is 13.2. The van der Waals surface area contributed by atoms with Crippen molar-refractivity contribution in [3.05, 3.63) is 98.1 Å². The van der Waals surface area contributed by atoms with Crippen LogP contribution in [0.1, 0.15) is 16.7 Å². The normalized spacial score (nSPS) is 14.7. The van der Waals surface area contributed by atoms with Crippen LogP contribution in [0.4, 0.5) is 9.18 Å². The second kappa shape index (κ2) is 10.5. The Labute approximate surface area is 210 Å². The first-order valence-corrected chi connectivity index (χ1v) is 11.7. The highest BCUT2D eigenvalue weighted by Crippen LogP contribution is 2.38. The summed E-state index contributed by atoms with van der Waals surface area (Å²) in [7, 11) is 1.51. The van der Waals surface area contributed by atoms with Crippen LogP contribution >= 0.6 is 35.0 Å². The Morgan fingerprint density at radius 3 is 2.44 bits per heavy atom. The number of para-hydroxylation sites is 1. The third-order valence-corrected chi connectivity index (χ3v) is 6.66. The van der Waals surface area contributed by atoms with Gasteiger partial charge >= 0.3 is 0 Å². The number of methoxy groups -OCH3 is 1. The number of ether oxygens (including phenoxy) is 2. The lowest BCUT2D eigenvalue weighted by Gasteiger charge is -2.14. The molecule has 2 amide bonds. The molecule has 0 radical (unpaired) electrons. The summed E-state index contributed by atoms with van der Waals surface area (Å²) in [6, 6.07) is 16.2. The summed E-state index contributed by atoms with van der Waals surface area (Å²) in [6.45, 7) is 0.241. The molecule has 0 aliphatic carbocycles. The number of amides is 2. The Balaban J connectivity index is 1.58. The molecule has 3 aromatic rings. The van der Waals surface area contributed by atoms with Gasteiger partial charge in [0.05, 0.1) is 28.6 Å². The van der Waals surface area contributed by atoms with E-state index < -0.39 is 5.91 Å². The molecule has 3 aromatic carbocycles. The van der Waals surface area contributed by atoms with Crippen molar-refractivity contribution in [3.8, 4) is 11.5 Å². The summed E-state index contributed by atoms with van der Waals surface area (Å²) >= 11 is 12.8. The zero-order chi connectivity index (χ0) is 24.2. The van der Waals surface area contributed by atoms with Gasteiger partial charge in [-0.2, -0.15) is 0 Å². The number of carbonyl (C=O) groups is 2. The second-order valence-corrected chi connectivity index (χ2v) is 9.12. The number of hydrogen-bond acceptors (Lipinski definition) is 5. The number of thioether (sulfide) groups is 1. The van der Waals surface area contributed by atoms with E-state index in [1.54, 1.807) is 54.6 Å². The van der Waals surface area contributed by atoms with E-state index in [0.717, 1.165) is 22.2 Å². The first-order valence-electron chi connectivity index (χ1n) is 10.1. The van der Waals surface area contributed by atoms with E-state index >= 15 is 0 Å². The van der Waals surface area contributed by atoms with Gasteiger partial charge in [-0.1, -0.05) is 53.5 Å². The standard InChI is InChI=1S/C25H18Cl2FNO4S/c1-32-21-4-2-3-17(23(21)33-14-15-5-8-18(28)9-6-15)12-22-24(30)29(25(31)34-22)13-16-7-10-19(26)20(27)11-16/h2-12H,13-14H2,1H3/b22-12-. The predicted molar refractivity (Wildman–Crippen MR) is 132 cm³/mol. The average molecular weight is 518 g/mol. The van der Waals surface area contributed by atoms with Gasteiger partial charge in [0.15, 0.2) is 11.5 Å². The number of rotatable bonds is 7. The molecule has 1 fully saturated rings. The summed E-state index contributed by atoms with van der Waals surface area (Å²) in [5.74, 6) is 0.114. The van der Waals surface area contributed by atoms with Crippen LogP contribution in [-0.2, 0) is 17.9 Å². The molecule has 0 N–H and O–H groups in total. The zero-order valence-electron chi connectivity index (χ0n) is 17.9. The molecular weight excluding hydrogens is 500 g/mol. The van der Waals surface area contributed by atoms with E-state index in [2.05, 4.69) is 0 Å². The van der Waals surface area contributed by atoms with Gasteiger partial charge in [0, 0.05) is 5.56 Å². The second-order valence-electron chi connectivity index (χ2n) is 7.31. The highest BCUT2D eigenvalue weighted by atomic mass is 35.5. The Kier molecular flexibility index (Phi) is 7.46. The Hall–Kier alpha value is -3.00. The van der Waals surface area contributed by atoms with Crippen LogP contribution in [0.25, 0.3) is 6.08 Å². The van der Waals surface area contributed by atoms with Crippen LogP contribution in [0.15, 0.2) is 65.6 Å². The molecule has 0 bridgehead atoms. The molecular formula is C25H18Cl2FNO4S. The Morgan fingerprint density at radius 1 is 1.00 bits per heavy atom. The van der Waals surface area contributed by atoms with E-state index in [4.69, 9.17) is 32.7 Å². The number of benzene rings is 3. The molecule has 0 saturated carbocycles. The molecule has 1 aliphatic rings. The van der Waals surface area contributed by atoms with Crippen molar-refractivity contribution in [3.63, 3.8) is 0 Å². The lowest BCUT2D eigenvalue weighted by Crippen LogP contribution is -2.27. The molecule has 1 aliphatic heterocycles. The highest BCUT2D eigenvalue weighted by Gasteiger charge is 2.35. The first-order chi connectivity index (χ1) is 16.4. The quantitative estimate of drug-likeness (QED) is 0.317. The number of hydrogen-bond donors (Lipinski definition) is 0. The molecule has 0 spiro atoms. The molecule has 34 heavy (non-hydrogen) atoms. The van der Waals surface area contributed by atoms with Gasteiger partial charge in [-0.15, -0.1) is 0 Å². The lowest BCUT2D eigenvalue weighted by molar-refractivity contribution is -0.123. The zero-order valence-corrected chi connectivity index (χ0v) is 20.2. The number of carbonyl (C=O) groups excluding carboxylic acids is 2. The Morgan fingerprint density at radius 2 is 1.74 bits per heavy atom. The summed E-state index contributed by atoms with van der Waals surface area (Å²) in [4.78, 5) is 27.0. The number of halogens is 3. The van der Waals surface area contributed by atoms with Crippen LogP contribution in [0.5, 0.6) is 11.5 Å². The minimum absolute atomic E-state index is 0.0743. The van der Waals surface area contributed by atoms with Gasteiger partial charge in [-0.05, 0) is 59.3 Å². The van der Waals surface area contributed by atoms with E-state index in [-0.39, 0.29) is 29.1 Å². The maximum atomic E-state index is 13.2. The van der Waals surface area contributed by atoms with Gasteiger partial charge in [0.1, 0.15) is 12.4 Å². The van der Waals surface area contributed by atoms with Crippen LogP contribution in [0.3, 0.4) is 0 Å². The molecule has 0 unspecified atom stereocenters. The third-order valence-electron chi connectivity index (χ3n) is 5.01. The van der Waals surface area contributed by atoms with Gasteiger partial charge in [-0.25, -0.2) is 4.39 Å². The smallest absolute Gasteiger partial charge is 0.293 e. The van der Waals surface area contributed by atoms with Gasteiger partial charge < -0.3 is 9.47 Å². The molecule has 174 valence electrons. The molecule has 1 saturated heterocycles. The van der Waals surface area contributed by atoms with Crippen molar-refractivity contribution in [2.45, 2.75) is 13.2 Å². The molecule has 0 aromatic heterocycles. The van der Waals surface area contributed by atoms with Gasteiger partial charge in [0.25, 0.3) is 11.1 Å². The third kappa shape index (κ3) is 5.38. The fourth-order valence-corrected chi connectivity index (χ4v) is 4.45. The molecule has 5 nitrogen and oxygen atoms in total. The largest absolute Gasteiger partial charge is 0.493 e. The summed E-state index contributed by atoms with van der Waals surface area (Å²) in [5.41, 5.74) is 2.02. The van der Waals surface area contributed by atoms with Crippen LogP contribution < -0.4 is 9.47 Å². The summed E-state index contributed by atoms with van der Waals surface area (Å²) < 4.78 is 24.6. The summed E-state index contributed by atoms with van der Waals surface area (Å²) in [5, 5.41) is 0.352. The monoisotopic (exact) mass is 517 g/mol. The molecule has 0 atom stereocenters. The van der Waals surface area contributed by atoms with E-state index in [1.807, 2.05) is 0 Å². The Bertz CT molecular complexity index is 1280. The van der Waals surface area contributed by atoms with Gasteiger partial charge in [0.2, 0.25) is 0 Å². The van der Waals surface area contributed by atoms with Gasteiger partial charge in [-0.3, -0.25) is 14.5 Å². The number of nitrogens with zero attached hydrogens (tertiary/aromatic N) is 1. The minimum atomic E-state index is -0.423. The van der Waals surface area contributed by atoms with Crippen molar-refractivity contribution in [1.82, 2.24) is 4.90 Å². The molecule has 9 heteroatoms. The summed E-state index contributed by atoms with van der Waals surface area (Å²) in [6.07, 6.45) is 1.60. The fourth-order valence-electron chi connectivity index (χ4n) is 3.30. The number of imide groups is 1. The van der Waals surface area contributed by atoms with Crippen molar-refractivity contribution >= 4 is 52.2 Å². The maximum Gasteiger partial charge on any atom is 0.293 e. The van der Waals surface area contributed by atoms with E-state index in [1.165, 1.54) is 19.2 Å². The minimum Gasteiger partial charge on any atom is -0.493 e. The van der Waals surface area contributed by atoms with Crippen molar-refractivity contribution < 1.29 is 23.5 Å². The van der Waals surface area contributed by atoms with E-state index in [0.29, 0.717) is 32.7 Å². The topological polar surface area (TPSA) is 55.8 Å². The predicted octanol–water partition coefficient (Wildman–Crippen LogP) is 6.96. The van der Waals surface area contributed by atoms with Crippen molar-refractivity contribution in [2.75, 3.05) is 7.11 Å². The lowest BCUT2D eigenvalue weighted by atomic mass is 10.1. The van der Waals surface area contributed by atoms with Crippen LogP contribution in [-0.4, -0.2) is 23.2 Å². The van der Waals surface area contributed by atoms with E-state index in [9.17, 15) is 14.0 Å². The highest BCUT2D eigenvalue weighted by molar-refractivity contribution is 8.18. The first kappa shape index (κ1) is 24.1. The van der Waals surface area contributed by atoms with Crippen molar-refractivity contribution in [1.29, 1.82) is 0 Å². The fraction of sp³-hybridized carbons (Fsp3) is 0.120. The SMILES string of the molecule is COc1cccc(/C=C2\SC(=O)N(Cc3ccc(Cl)c(Cl)c3)C2=O)c1OCc1ccc(F)cc1. The molecule has 1 heterocycles.